The molecule has 1 aromatic heterocycles. The number of primary amides is 1. The third-order valence-corrected chi connectivity index (χ3v) is 2.90. The van der Waals surface area contributed by atoms with E-state index in [9.17, 15) is 9.59 Å². The number of ether oxygens (including phenoxy) is 1. The predicted molar refractivity (Wildman–Crippen MR) is 62.9 cm³/mol. The van der Waals surface area contributed by atoms with E-state index in [4.69, 9.17) is 5.73 Å². The molecule has 0 bridgehead atoms. The number of nitrogens with two attached hydrogens (primary N) is 1. The van der Waals surface area contributed by atoms with Gasteiger partial charge in [0.25, 0.3) is 0 Å². The van der Waals surface area contributed by atoms with E-state index < -0.39 is 5.97 Å². The van der Waals surface area contributed by atoms with Crippen molar-refractivity contribution in [3.05, 3.63) is 18.0 Å². The second kappa shape index (κ2) is 4.99. The van der Waals surface area contributed by atoms with E-state index >= 15 is 0 Å². The number of aromatic nitrogens is 2. The summed E-state index contributed by atoms with van der Waals surface area (Å²) >= 11 is 0. The van der Waals surface area contributed by atoms with Gasteiger partial charge < -0.3 is 15.4 Å². The number of hydrogen-bond acceptors (Lipinski definition) is 6. The molecule has 0 radical (unpaired) electrons. The number of esters is 1. The van der Waals surface area contributed by atoms with Crippen molar-refractivity contribution >= 4 is 17.8 Å². The first kappa shape index (κ1) is 12.3. The summed E-state index contributed by atoms with van der Waals surface area (Å²) in [5, 5.41) is 0. The van der Waals surface area contributed by atoms with E-state index in [1.54, 1.807) is 4.90 Å². The molecule has 0 aromatic carbocycles. The van der Waals surface area contributed by atoms with Crippen LogP contribution in [0.3, 0.4) is 0 Å². The lowest BCUT2D eigenvalue weighted by Crippen LogP contribution is -2.41. The number of rotatable bonds is 3. The zero-order valence-electron chi connectivity index (χ0n) is 10.00. The minimum Gasteiger partial charge on any atom is -0.465 e. The molecule has 1 unspecified atom stereocenters. The van der Waals surface area contributed by atoms with Crippen LogP contribution in [0.15, 0.2) is 12.4 Å². The fourth-order valence-corrected chi connectivity index (χ4v) is 1.99. The van der Waals surface area contributed by atoms with Crippen LogP contribution in [-0.4, -0.2) is 41.5 Å². The van der Waals surface area contributed by atoms with Gasteiger partial charge in [-0.15, -0.1) is 0 Å². The molecule has 7 nitrogen and oxygen atoms in total. The second-order valence-corrected chi connectivity index (χ2v) is 4.02. The molecule has 1 amide bonds. The van der Waals surface area contributed by atoms with Crippen LogP contribution in [0.5, 0.6) is 0 Å². The molecule has 2 N–H and O–H groups in total. The highest BCUT2D eigenvalue weighted by Gasteiger charge is 2.30. The molecular weight excluding hydrogens is 236 g/mol. The van der Waals surface area contributed by atoms with Gasteiger partial charge in [0.15, 0.2) is 0 Å². The molecule has 1 aromatic rings. The third kappa shape index (κ3) is 2.24. The Bertz CT molecular complexity index is 460. The number of anilines is 1. The molecule has 0 saturated carbocycles. The fraction of sp³-hybridized carbons (Fsp3) is 0.455. The molecule has 1 fully saturated rings. The molecule has 1 aliphatic rings. The Morgan fingerprint density at radius 1 is 1.44 bits per heavy atom. The average molecular weight is 250 g/mol. The molecule has 0 spiro atoms. The van der Waals surface area contributed by atoms with Crippen LogP contribution in [0, 0.1) is 0 Å². The molecular formula is C11H14N4O3. The lowest BCUT2D eigenvalue weighted by Gasteiger charge is -2.21. The van der Waals surface area contributed by atoms with Gasteiger partial charge in [-0.3, -0.25) is 4.79 Å². The van der Waals surface area contributed by atoms with Crippen molar-refractivity contribution < 1.29 is 14.3 Å². The summed E-state index contributed by atoms with van der Waals surface area (Å²) < 4.78 is 4.55. The van der Waals surface area contributed by atoms with Crippen molar-refractivity contribution in [3.63, 3.8) is 0 Å². The van der Waals surface area contributed by atoms with Crippen molar-refractivity contribution in [1.82, 2.24) is 9.97 Å². The van der Waals surface area contributed by atoms with Crippen molar-refractivity contribution in [3.8, 4) is 0 Å². The van der Waals surface area contributed by atoms with E-state index in [2.05, 4.69) is 14.7 Å². The molecule has 7 heteroatoms. The van der Waals surface area contributed by atoms with E-state index in [0.717, 1.165) is 6.42 Å². The van der Waals surface area contributed by atoms with Gasteiger partial charge in [-0.05, 0) is 12.8 Å². The highest BCUT2D eigenvalue weighted by Crippen LogP contribution is 2.21. The van der Waals surface area contributed by atoms with Gasteiger partial charge in [-0.25, -0.2) is 14.8 Å². The van der Waals surface area contributed by atoms with E-state index in [-0.39, 0.29) is 17.5 Å². The summed E-state index contributed by atoms with van der Waals surface area (Å²) in [6, 6.07) is -0.367. The maximum atomic E-state index is 11.3. The Hall–Kier alpha value is -2.18. The van der Waals surface area contributed by atoms with Crippen LogP contribution in [0.1, 0.15) is 23.2 Å². The summed E-state index contributed by atoms with van der Waals surface area (Å²) in [5.41, 5.74) is 5.59. The Balaban J connectivity index is 2.19. The van der Waals surface area contributed by atoms with Crippen LogP contribution >= 0.6 is 0 Å². The zero-order chi connectivity index (χ0) is 13.1. The quantitative estimate of drug-likeness (QED) is 0.741. The van der Waals surface area contributed by atoms with E-state index in [0.29, 0.717) is 18.9 Å². The van der Waals surface area contributed by atoms with Crippen molar-refractivity contribution in [2.45, 2.75) is 18.9 Å². The summed E-state index contributed by atoms with van der Waals surface area (Å²) in [5.74, 6) is -0.466. The Morgan fingerprint density at radius 3 is 2.67 bits per heavy atom. The molecule has 1 saturated heterocycles. The van der Waals surface area contributed by atoms with Gasteiger partial charge in [-0.2, -0.15) is 0 Å². The minimum absolute atomic E-state index is 0.274. The van der Waals surface area contributed by atoms with Crippen LogP contribution in [-0.2, 0) is 9.53 Å². The number of methoxy groups -OCH3 is 1. The number of hydrogen-bond donors (Lipinski definition) is 1. The number of carbonyl (C=O) groups is 2. The predicted octanol–water partition coefficient (Wildman–Crippen LogP) is -0.283. The largest absolute Gasteiger partial charge is 0.465 e. The zero-order valence-corrected chi connectivity index (χ0v) is 10.00. The van der Waals surface area contributed by atoms with Gasteiger partial charge in [0.2, 0.25) is 11.9 Å². The lowest BCUT2D eigenvalue weighted by atomic mass is 10.2. The van der Waals surface area contributed by atoms with Gasteiger partial charge >= 0.3 is 5.97 Å². The second-order valence-electron chi connectivity index (χ2n) is 4.02. The first-order valence-electron chi connectivity index (χ1n) is 5.60. The van der Waals surface area contributed by atoms with Crippen LogP contribution < -0.4 is 10.6 Å². The maximum absolute atomic E-state index is 11.3. The summed E-state index contributed by atoms with van der Waals surface area (Å²) in [7, 11) is 1.29. The van der Waals surface area contributed by atoms with Gasteiger partial charge in [0.05, 0.1) is 12.7 Å². The van der Waals surface area contributed by atoms with E-state index in [1.807, 2.05) is 0 Å². The number of carbonyl (C=O) groups excluding carboxylic acids is 2. The minimum atomic E-state index is -0.491. The SMILES string of the molecule is COC(=O)c1cnc(N2CCCC2C(N)=O)nc1. The fourth-order valence-electron chi connectivity index (χ4n) is 1.99. The standard InChI is InChI=1S/C11H14N4O3/c1-18-10(17)7-5-13-11(14-6-7)15-4-2-3-8(15)9(12)16/h5-6,8H,2-4H2,1H3,(H2,12,16). The Kier molecular flexibility index (Phi) is 3.40. The van der Waals surface area contributed by atoms with Crippen LogP contribution in [0.25, 0.3) is 0 Å². The highest BCUT2D eigenvalue weighted by atomic mass is 16.5. The summed E-state index contributed by atoms with van der Waals surface area (Å²) in [6.07, 6.45) is 4.34. The van der Waals surface area contributed by atoms with Crippen molar-refractivity contribution in [1.29, 1.82) is 0 Å². The van der Waals surface area contributed by atoms with Gasteiger partial charge in [0.1, 0.15) is 6.04 Å². The van der Waals surface area contributed by atoms with Crippen molar-refractivity contribution in [2.24, 2.45) is 5.73 Å². The summed E-state index contributed by atoms with van der Waals surface area (Å²) in [6.45, 7) is 0.686. The molecule has 2 heterocycles. The topological polar surface area (TPSA) is 98.4 Å². The molecule has 18 heavy (non-hydrogen) atoms. The third-order valence-electron chi connectivity index (χ3n) is 2.90. The highest BCUT2D eigenvalue weighted by molar-refractivity contribution is 5.88. The maximum Gasteiger partial charge on any atom is 0.341 e. The molecule has 1 aliphatic heterocycles. The number of nitrogens with zero attached hydrogens (tertiary/aromatic N) is 3. The van der Waals surface area contributed by atoms with Crippen LogP contribution in [0.2, 0.25) is 0 Å². The van der Waals surface area contributed by atoms with Gasteiger partial charge in [-0.1, -0.05) is 0 Å². The molecule has 1 atom stereocenters. The molecule has 0 aliphatic carbocycles. The normalized spacial score (nSPS) is 18.7. The van der Waals surface area contributed by atoms with Crippen LogP contribution in [0.4, 0.5) is 5.95 Å². The van der Waals surface area contributed by atoms with E-state index in [1.165, 1.54) is 19.5 Å². The van der Waals surface area contributed by atoms with Crippen molar-refractivity contribution in [2.75, 3.05) is 18.6 Å². The Morgan fingerprint density at radius 2 is 2.11 bits per heavy atom. The lowest BCUT2D eigenvalue weighted by molar-refractivity contribution is -0.119. The molecule has 96 valence electrons. The monoisotopic (exact) mass is 250 g/mol. The Labute approximate surface area is 104 Å². The average Bonchev–Trinajstić information content (AvgIpc) is 2.87. The summed E-state index contributed by atoms with van der Waals surface area (Å²) in [4.78, 5) is 32.4. The molecule has 2 rings (SSSR count). The first-order chi connectivity index (χ1) is 8.63. The first-order valence-corrected chi connectivity index (χ1v) is 5.60. The van der Waals surface area contributed by atoms with Gasteiger partial charge in [0, 0.05) is 18.9 Å². The number of amides is 1. The smallest absolute Gasteiger partial charge is 0.341 e.